The minimum atomic E-state index is -3.81. The highest BCUT2D eigenvalue weighted by atomic mass is 32.2. The molecule has 2 fully saturated rings. The molecule has 0 radical (unpaired) electrons. The van der Waals surface area contributed by atoms with E-state index in [9.17, 15) is 22.8 Å². The van der Waals surface area contributed by atoms with Gasteiger partial charge in [0.2, 0.25) is 21.8 Å². The summed E-state index contributed by atoms with van der Waals surface area (Å²) in [5.41, 5.74) is 7.31. The summed E-state index contributed by atoms with van der Waals surface area (Å²) in [6, 6.07) is 13.1. The lowest BCUT2D eigenvalue weighted by atomic mass is 9.96. The van der Waals surface area contributed by atoms with Crippen LogP contribution >= 0.6 is 0 Å². The van der Waals surface area contributed by atoms with Crippen LogP contribution in [0.3, 0.4) is 0 Å². The molecule has 34 heavy (non-hydrogen) atoms. The number of carbonyl (C=O) groups is 3. The fourth-order valence-corrected chi connectivity index (χ4v) is 5.53. The van der Waals surface area contributed by atoms with Crippen molar-refractivity contribution in [2.45, 2.75) is 17.7 Å². The van der Waals surface area contributed by atoms with Gasteiger partial charge < -0.3 is 21.3 Å². The SMILES string of the molecule is NC(=O)C1CCN(c2ccc(NC(=O)c3ccc(S(=O)(=O)N4CCNC(=O)C4)cc3)cc2)CC1. The van der Waals surface area contributed by atoms with Crippen LogP contribution in [0.15, 0.2) is 53.4 Å². The highest BCUT2D eigenvalue weighted by Crippen LogP contribution is 2.25. The Morgan fingerprint density at radius 1 is 0.971 bits per heavy atom. The van der Waals surface area contributed by atoms with Gasteiger partial charge in [-0.2, -0.15) is 4.31 Å². The van der Waals surface area contributed by atoms with E-state index in [0.29, 0.717) is 11.3 Å². The molecule has 2 heterocycles. The van der Waals surface area contributed by atoms with Gasteiger partial charge in [-0.15, -0.1) is 0 Å². The number of nitrogens with two attached hydrogens (primary N) is 1. The molecule has 4 rings (SSSR count). The average Bonchev–Trinajstić information content (AvgIpc) is 2.84. The van der Waals surface area contributed by atoms with Gasteiger partial charge in [0.05, 0.1) is 11.4 Å². The first kappa shape index (κ1) is 23.7. The molecule has 2 aromatic rings. The number of primary amides is 1. The highest BCUT2D eigenvalue weighted by molar-refractivity contribution is 7.89. The Hall–Kier alpha value is -3.44. The topological polar surface area (TPSA) is 142 Å². The average molecular weight is 486 g/mol. The van der Waals surface area contributed by atoms with Crippen LogP contribution in [-0.4, -0.2) is 63.2 Å². The number of amides is 3. The molecule has 2 aromatic carbocycles. The van der Waals surface area contributed by atoms with Crippen LogP contribution < -0.4 is 21.3 Å². The normalized spacial score (nSPS) is 17.8. The summed E-state index contributed by atoms with van der Waals surface area (Å²) in [6.45, 7) is 1.75. The Bertz CT molecular complexity index is 1170. The van der Waals surface area contributed by atoms with Crippen LogP contribution in [0, 0.1) is 5.92 Å². The van der Waals surface area contributed by atoms with Crippen LogP contribution in [0.25, 0.3) is 0 Å². The van der Waals surface area contributed by atoms with Crippen molar-refractivity contribution < 1.29 is 22.8 Å². The zero-order chi connectivity index (χ0) is 24.3. The molecule has 2 aliphatic heterocycles. The Balaban J connectivity index is 1.36. The fourth-order valence-electron chi connectivity index (χ4n) is 4.13. The number of piperidine rings is 1. The third kappa shape index (κ3) is 5.20. The Kier molecular flexibility index (Phi) is 6.85. The molecule has 3 amide bonds. The van der Waals surface area contributed by atoms with Gasteiger partial charge in [0, 0.05) is 49.0 Å². The summed E-state index contributed by atoms with van der Waals surface area (Å²) in [5.74, 6) is -1.03. The quantitative estimate of drug-likeness (QED) is 0.552. The molecular formula is C23H27N5O5S. The Morgan fingerprint density at radius 3 is 2.21 bits per heavy atom. The first-order valence-electron chi connectivity index (χ1n) is 11.1. The van der Waals surface area contributed by atoms with E-state index in [1.165, 1.54) is 24.3 Å². The summed E-state index contributed by atoms with van der Waals surface area (Å²) in [7, 11) is -3.81. The lowest BCUT2D eigenvalue weighted by Gasteiger charge is -2.32. The maximum Gasteiger partial charge on any atom is 0.255 e. The van der Waals surface area contributed by atoms with Crippen molar-refractivity contribution in [3.05, 3.63) is 54.1 Å². The number of nitrogens with zero attached hydrogens (tertiary/aromatic N) is 2. The standard InChI is InChI=1S/C23H27N5O5S/c24-22(30)16-9-12-27(13-10-16)19-5-3-18(4-6-19)26-23(31)17-1-7-20(8-2-17)34(32,33)28-14-11-25-21(29)15-28/h1-8,16H,9-15H2,(H2,24,30)(H,25,29)(H,26,31). The number of hydrogen-bond donors (Lipinski definition) is 3. The number of anilines is 2. The fraction of sp³-hybridized carbons (Fsp3) is 0.348. The first-order chi connectivity index (χ1) is 16.2. The number of hydrogen-bond acceptors (Lipinski definition) is 6. The molecule has 10 nitrogen and oxygen atoms in total. The van der Waals surface area contributed by atoms with E-state index in [1.807, 2.05) is 12.1 Å². The van der Waals surface area contributed by atoms with Gasteiger partial charge in [-0.05, 0) is 61.4 Å². The van der Waals surface area contributed by atoms with E-state index < -0.39 is 10.0 Å². The van der Waals surface area contributed by atoms with Crippen molar-refractivity contribution >= 4 is 39.1 Å². The van der Waals surface area contributed by atoms with Crippen molar-refractivity contribution in [3.63, 3.8) is 0 Å². The molecule has 2 saturated heterocycles. The summed E-state index contributed by atoms with van der Waals surface area (Å²) < 4.78 is 26.6. The number of piperazine rings is 1. The molecule has 180 valence electrons. The second-order valence-electron chi connectivity index (χ2n) is 8.38. The number of nitrogens with one attached hydrogen (secondary N) is 2. The third-order valence-electron chi connectivity index (χ3n) is 6.15. The van der Waals surface area contributed by atoms with E-state index in [-0.39, 0.29) is 48.2 Å². The zero-order valence-corrected chi connectivity index (χ0v) is 19.4. The lowest BCUT2D eigenvalue weighted by molar-refractivity contribution is -0.123. The molecule has 0 spiro atoms. The second-order valence-corrected chi connectivity index (χ2v) is 10.3. The van der Waals surface area contributed by atoms with Gasteiger partial charge in [-0.3, -0.25) is 14.4 Å². The summed E-state index contributed by atoms with van der Waals surface area (Å²) >= 11 is 0. The van der Waals surface area contributed by atoms with Gasteiger partial charge in [-0.25, -0.2) is 8.42 Å². The Morgan fingerprint density at radius 2 is 1.62 bits per heavy atom. The molecule has 11 heteroatoms. The molecule has 0 atom stereocenters. The van der Waals surface area contributed by atoms with Gasteiger partial charge in [0.15, 0.2) is 0 Å². The summed E-state index contributed by atoms with van der Waals surface area (Å²) in [6.07, 6.45) is 1.45. The molecular weight excluding hydrogens is 458 g/mol. The smallest absolute Gasteiger partial charge is 0.255 e. The predicted molar refractivity (Wildman–Crippen MR) is 127 cm³/mol. The van der Waals surface area contributed by atoms with Gasteiger partial charge >= 0.3 is 0 Å². The van der Waals surface area contributed by atoms with E-state index in [1.54, 1.807) is 12.1 Å². The maximum atomic E-state index is 12.7. The molecule has 0 aliphatic carbocycles. The van der Waals surface area contributed by atoms with Crippen LogP contribution in [0.5, 0.6) is 0 Å². The summed E-state index contributed by atoms with van der Waals surface area (Å²) in [4.78, 5) is 37.7. The van der Waals surface area contributed by atoms with Crippen molar-refractivity contribution in [1.29, 1.82) is 0 Å². The van der Waals surface area contributed by atoms with Crippen LogP contribution in [0.2, 0.25) is 0 Å². The van der Waals surface area contributed by atoms with Crippen LogP contribution in [-0.2, 0) is 19.6 Å². The van der Waals surface area contributed by atoms with E-state index in [4.69, 9.17) is 5.73 Å². The maximum absolute atomic E-state index is 12.7. The molecule has 0 saturated carbocycles. The third-order valence-corrected chi connectivity index (χ3v) is 8.00. The molecule has 4 N–H and O–H groups in total. The van der Waals surface area contributed by atoms with E-state index >= 15 is 0 Å². The highest BCUT2D eigenvalue weighted by Gasteiger charge is 2.29. The summed E-state index contributed by atoms with van der Waals surface area (Å²) in [5, 5.41) is 5.40. The van der Waals surface area contributed by atoms with Crippen LogP contribution in [0.4, 0.5) is 11.4 Å². The number of carbonyl (C=O) groups excluding carboxylic acids is 3. The number of sulfonamides is 1. The second kappa shape index (κ2) is 9.82. The monoisotopic (exact) mass is 485 g/mol. The number of benzene rings is 2. The molecule has 2 aliphatic rings. The largest absolute Gasteiger partial charge is 0.371 e. The minimum Gasteiger partial charge on any atom is -0.371 e. The van der Waals surface area contributed by atoms with Gasteiger partial charge in [0.25, 0.3) is 5.91 Å². The zero-order valence-electron chi connectivity index (χ0n) is 18.6. The van der Waals surface area contributed by atoms with Crippen molar-refractivity contribution in [1.82, 2.24) is 9.62 Å². The van der Waals surface area contributed by atoms with Gasteiger partial charge in [0.1, 0.15) is 0 Å². The molecule has 0 bridgehead atoms. The van der Waals surface area contributed by atoms with Crippen molar-refractivity contribution in [2.75, 3.05) is 42.9 Å². The van der Waals surface area contributed by atoms with Crippen molar-refractivity contribution in [2.24, 2.45) is 11.7 Å². The van der Waals surface area contributed by atoms with E-state index in [0.717, 1.165) is 35.9 Å². The minimum absolute atomic E-state index is 0.0307. The predicted octanol–water partition coefficient (Wildman–Crippen LogP) is 0.761. The lowest BCUT2D eigenvalue weighted by Crippen LogP contribution is -2.49. The molecule has 0 unspecified atom stereocenters. The van der Waals surface area contributed by atoms with E-state index in [2.05, 4.69) is 15.5 Å². The van der Waals surface area contributed by atoms with Gasteiger partial charge in [-0.1, -0.05) is 0 Å². The number of rotatable bonds is 6. The Labute approximate surface area is 198 Å². The first-order valence-corrected chi connectivity index (χ1v) is 12.5. The van der Waals surface area contributed by atoms with Crippen molar-refractivity contribution in [3.8, 4) is 0 Å². The van der Waals surface area contributed by atoms with Crippen LogP contribution in [0.1, 0.15) is 23.2 Å². The molecule has 0 aromatic heterocycles.